The minimum Gasteiger partial charge on any atom is -0.324 e. The highest BCUT2D eigenvalue weighted by atomic mass is 16.6. The van der Waals surface area contributed by atoms with E-state index in [0.717, 1.165) is 0 Å². The van der Waals surface area contributed by atoms with Crippen LogP contribution in [0, 0.1) is 10.1 Å². The molecule has 0 aliphatic carbocycles. The van der Waals surface area contributed by atoms with Crippen LogP contribution in [0.25, 0.3) is 0 Å². The van der Waals surface area contributed by atoms with E-state index in [4.69, 9.17) is 5.73 Å². The van der Waals surface area contributed by atoms with E-state index in [-0.39, 0.29) is 6.04 Å². The van der Waals surface area contributed by atoms with E-state index in [9.17, 15) is 14.9 Å². The van der Waals surface area contributed by atoms with E-state index in [1.165, 1.54) is 12.3 Å². The molecule has 0 bridgehead atoms. The third kappa shape index (κ3) is 1.97. The van der Waals surface area contributed by atoms with Crippen LogP contribution < -0.4 is 11.3 Å². The lowest BCUT2D eigenvalue weighted by Crippen LogP contribution is -2.15. The zero-order valence-electron chi connectivity index (χ0n) is 7.69. The molecule has 0 radical (unpaired) electrons. The lowest BCUT2D eigenvalue weighted by Gasteiger charge is -2.07. The molecule has 0 saturated heterocycles. The zero-order chi connectivity index (χ0) is 10.7. The van der Waals surface area contributed by atoms with Gasteiger partial charge in [-0.3, -0.25) is 14.9 Å². The lowest BCUT2D eigenvalue weighted by molar-refractivity contribution is -0.386. The number of pyridine rings is 1. The van der Waals surface area contributed by atoms with E-state index in [1.807, 2.05) is 6.92 Å². The molecule has 0 spiro atoms. The van der Waals surface area contributed by atoms with Crippen molar-refractivity contribution in [2.45, 2.75) is 19.4 Å². The van der Waals surface area contributed by atoms with Gasteiger partial charge in [0.25, 0.3) is 0 Å². The molecule has 0 aliphatic rings. The smallest absolute Gasteiger partial charge is 0.324 e. The van der Waals surface area contributed by atoms with Crippen molar-refractivity contribution >= 4 is 5.69 Å². The summed E-state index contributed by atoms with van der Waals surface area (Å²) in [4.78, 5) is 23.0. The van der Waals surface area contributed by atoms with Crippen molar-refractivity contribution in [2.75, 3.05) is 0 Å². The largest absolute Gasteiger partial charge is 0.334 e. The Labute approximate surface area is 79.9 Å². The van der Waals surface area contributed by atoms with Gasteiger partial charge in [-0.25, -0.2) is 0 Å². The van der Waals surface area contributed by atoms with Crippen molar-refractivity contribution in [1.29, 1.82) is 0 Å². The second kappa shape index (κ2) is 4.01. The summed E-state index contributed by atoms with van der Waals surface area (Å²) in [5.74, 6) is 0. The average molecular weight is 197 g/mol. The number of aromatic nitrogens is 1. The lowest BCUT2D eigenvalue weighted by atomic mass is 10.1. The molecule has 76 valence electrons. The fraction of sp³-hybridized carbons (Fsp3) is 0.375. The molecule has 0 fully saturated rings. The molecular formula is C8H11N3O3. The second-order valence-electron chi connectivity index (χ2n) is 2.92. The van der Waals surface area contributed by atoms with Crippen molar-refractivity contribution in [2.24, 2.45) is 5.73 Å². The van der Waals surface area contributed by atoms with E-state index in [0.29, 0.717) is 12.0 Å². The van der Waals surface area contributed by atoms with Crippen LogP contribution in [0.15, 0.2) is 17.1 Å². The first-order chi connectivity index (χ1) is 6.56. The van der Waals surface area contributed by atoms with Crippen LogP contribution in [0.5, 0.6) is 0 Å². The third-order valence-electron chi connectivity index (χ3n) is 1.97. The third-order valence-corrected chi connectivity index (χ3v) is 1.97. The Morgan fingerprint density at radius 2 is 2.36 bits per heavy atom. The van der Waals surface area contributed by atoms with E-state index >= 15 is 0 Å². The molecule has 1 rings (SSSR count). The van der Waals surface area contributed by atoms with Crippen LogP contribution in [0.4, 0.5) is 5.69 Å². The molecule has 0 amide bonds. The van der Waals surface area contributed by atoms with Gasteiger partial charge < -0.3 is 10.7 Å². The van der Waals surface area contributed by atoms with Crippen LogP contribution in [-0.2, 0) is 0 Å². The molecule has 1 aromatic heterocycles. The maximum absolute atomic E-state index is 11.0. The van der Waals surface area contributed by atoms with Gasteiger partial charge in [-0.1, -0.05) is 6.92 Å². The number of nitro groups is 1. The van der Waals surface area contributed by atoms with Gasteiger partial charge in [-0.2, -0.15) is 0 Å². The Balaban J connectivity index is 3.19. The number of nitrogens with two attached hydrogens (primary N) is 1. The molecule has 1 heterocycles. The van der Waals surface area contributed by atoms with Crippen molar-refractivity contribution in [3.05, 3.63) is 38.3 Å². The zero-order valence-corrected chi connectivity index (χ0v) is 7.69. The predicted octanol–water partition coefficient (Wildman–Crippen LogP) is 0.693. The Morgan fingerprint density at radius 3 is 2.86 bits per heavy atom. The van der Waals surface area contributed by atoms with Gasteiger partial charge in [0.05, 0.1) is 4.92 Å². The monoisotopic (exact) mass is 197 g/mol. The maximum atomic E-state index is 11.0. The SMILES string of the molecule is CC[C@@H](N)c1c[nH]c(=O)c([N+](=O)[O-])c1. The Hall–Kier alpha value is -1.69. The number of aromatic amines is 1. The topological polar surface area (TPSA) is 102 Å². The molecule has 6 nitrogen and oxygen atoms in total. The first kappa shape index (κ1) is 10.4. The molecule has 1 aromatic rings. The minimum atomic E-state index is -0.718. The van der Waals surface area contributed by atoms with Crippen molar-refractivity contribution in [3.8, 4) is 0 Å². The summed E-state index contributed by atoms with van der Waals surface area (Å²) in [6, 6.07) is 0.929. The fourth-order valence-electron chi connectivity index (χ4n) is 1.07. The first-order valence-corrected chi connectivity index (χ1v) is 4.18. The molecule has 0 unspecified atom stereocenters. The van der Waals surface area contributed by atoms with Crippen molar-refractivity contribution < 1.29 is 4.92 Å². The molecule has 1 atom stereocenters. The standard InChI is InChI=1S/C8H11N3O3/c1-2-6(9)5-3-7(11(13)14)8(12)10-4-5/h3-4,6H,2,9H2,1H3,(H,10,12)/t6-/m1/s1. The number of rotatable bonds is 3. The van der Waals surface area contributed by atoms with Gasteiger partial charge in [-0.15, -0.1) is 0 Å². The van der Waals surface area contributed by atoms with E-state index in [1.54, 1.807) is 0 Å². The van der Waals surface area contributed by atoms with E-state index < -0.39 is 16.2 Å². The average Bonchev–Trinajstić information content (AvgIpc) is 2.17. The van der Waals surface area contributed by atoms with Gasteiger partial charge in [0.1, 0.15) is 0 Å². The summed E-state index contributed by atoms with van der Waals surface area (Å²) in [6.45, 7) is 1.86. The highest BCUT2D eigenvalue weighted by molar-refractivity contribution is 5.31. The molecule has 0 saturated carbocycles. The summed E-state index contributed by atoms with van der Waals surface area (Å²) >= 11 is 0. The molecular weight excluding hydrogens is 186 g/mol. The highest BCUT2D eigenvalue weighted by Gasteiger charge is 2.14. The highest BCUT2D eigenvalue weighted by Crippen LogP contribution is 2.14. The van der Waals surface area contributed by atoms with Crippen molar-refractivity contribution in [1.82, 2.24) is 4.98 Å². The first-order valence-electron chi connectivity index (χ1n) is 4.18. The number of H-pyrrole nitrogens is 1. The number of hydrogen-bond acceptors (Lipinski definition) is 4. The molecule has 0 aliphatic heterocycles. The van der Waals surface area contributed by atoms with Crippen LogP contribution in [0.1, 0.15) is 24.9 Å². The van der Waals surface area contributed by atoms with Crippen LogP contribution in [0.3, 0.4) is 0 Å². The second-order valence-corrected chi connectivity index (χ2v) is 2.92. The summed E-state index contributed by atoms with van der Waals surface area (Å²) in [7, 11) is 0. The Kier molecular flexibility index (Phi) is 2.98. The van der Waals surface area contributed by atoms with Gasteiger partial charge in [-0.05, 0) is 12.0 Å². The Morgan fingerprint density at radius 1 is 1.71 bits per heavy atom. The number of nitrogens with zero attached hydrogens (tertiary/aromatic N) is 1. The fourth-order valence-corrected chi connectivity index (χ4v) is 1.07. The van der Waals surface area contributed by atoms with Crippen LogP contribution >= 0.6 is 0 Å². The molecule has 0 aromatic carbocycles. The number of nitrogens with one attached hydrogen (secondary N) is 1. The molecule has 14 heavy (non-hydrogen) atoms. The Bertz CT molecular complexity index is 399. The van der Waals surface area contributed by atoms with Gasteiger partial charge >= 0.3 is 11.2 Å². The van der Waals surface area contributed by atoms with Crippen LogP contribution in [-0.4, -0.2) is 9.91 Å². The summed E-state index contributed by atoms with van der Waals surface area (Å²) in [5, 5.41) is 10.4. The normalized spacial score (nSPS) is 12.4. The summed E-state index contributed by atoms with van der Waals surface area (Å²) < 4.78 is 0. The quantitative estimate of drug-likeness (QED) is 0.549. The van der Waals surface area contributed by atoms with Gasteiger partial charge in [0, 0.05) is 18.3 Å². The van der Waals surface area contributed by atoms with Gasteiger partial charge in [0.2, 0.25) is 0 Å². The van der Waals surface area contributed by atoms with Crippen LogP contribution in [0.2, 0.25) is 0 Å². The maximum Gasteiger partial charge on any atom is 0.334 e. The predicted molar refractivity (Wildman–Crippen MR) is 50.9 cm³/mol. The minimum absolute atomic E-state index is 0.287. The summed E-state index contributed by atoms with van der Waals surface area (Å²) in [6.07, 6.45) is 2.06. The van der Waals surface area contributed by atoms with E-state index in [2.05, 4.69) is 4.98 Å². The molecule has 3 N–H and O–H groups in total. The van der Waals surface area contributed by atoms with Crippen molar-refractivity contribution in [3.63, 3.8) is 0 Å². The van der Waals surface area contributed by atoms with Gasteiger partial charge in [0.15, 0.2) is 0 Å². The number of hydrogen-bond donors (Lipinski definition) is 2. The summed E-state index contributed by atoms with van der Waals surface area (Å²) in [5.41, 5.74) is 5.06. The molecule has 6 heteroatoms.